The van der Waals surface area contributed by atoms with E-state index in [1.54, 1.807) is 26.8 Å². The van der Waals surface area contributed by atoms with E-state index in [-0.39, 0.29) is 83.0 Å². The number of carbonyl (C=O) groups excluding carboxylic acids is 4. The van der Waals surface area contributed by atoms with Gasteiger partial charge in [0.1, 0.15) is 5.78 Å². The van der Waals surface area contributed by atoms with Crippen molar-refractivity contribution in [2.45, 2.75) is 25.7 Å². The lowest BCUT2D eigenvalue weighted by Gasteiger charge is -2.32. The number of carbonyl (C=O) groups is 7. The Labute approximate surface area is 259 Å². The molecule has 1 aromatic carbocycles. The van der Waals surface area contributed by atoms with Crippen LogP contribution >= 0.6 is 0 Å². The van der Waals surface area contributed by atoms with E-state index in [0.29, 0.717) is 37.7 Å². The Kier molecular flexibility index (Phi) is 13.5. The van der Waals surface area contributed by atoms with E-state index in [4.69, 9.17) is 4.84 Å². The highest BCUT2D eigenvalue weighted by atomic mass is 16.7. The summed E-state index contributed by atoms with van der Waals surface area (Å²) in [5.74, 6) is -5.18. The fraction of sp³-hybridized carbons (Fsp3) is 0.552. The van der Waals surface area contributed by atoms with Crippen LogP contribution in [-0.2, 0) is 40.0 Å². The molecule has 0 saturated carbocycles. The molecule has 2 saturated heterocycles. The quantitative estimate of drug-likeness (QED) is 0.220. The van der Waals surface area contributed by atoms with Gasteiger partial charge in [-0.05, 0) is 24.1 Å². The SMILES string of the molecule is O=C(O)CN1CCN(CC(=O)O)CCN(CC(=O)CCc2ccc(C(=O)ON3C(=O)CCC3=O)cc2)CCN(CC(=O)O)CC1. The van der Waals surface area contributed by atoms with Crippen molar-refractivity contribution in [1.82, 2.24) is 24.7 Å². The number of amides is 2. The van der Waals surface area contributed by atoms with Crippen molar-refractivity contribution in [2.75, 3.05) is 78.5 Å². The van der Waals surface area contributed by atoms with E-state index in [1.165, 1.54) is 12.1 Å². The first-order valence-corrected chi connectivity index (χ1v) is 14.6. The second-order valence-corrected chi connectivity index (χ2v) is 11.0. The summed E-state index contributed by atoms with van der Waals surface area (Å²) in [5, 5.41) is 28.5. The van der Waals surface area contributed by atoms with Crippen LogP contribution < -0.4 is 0 Å². The van der Waals surface area contributed by atoms with Crippen molar-refractivity contribution >= 4 is 41.5 Å². The number of carboxylic acids is 3. The van der Waals surface area contributed by atoms with Gasteiger partial charge in [-0.3, -0.25) is 48.4 Å². The minimum absolute atomic E-state index is 0.00890. The zero-order valence-corrected chi connectivity index (χ0v) is 25.0. The highest BCUT2D eigenvalue weighted by Crippen LogP contribution is 2.15. The average Bonchev–Trinajstić information content (AvgIpc) is 3.29. The van der Waals surface area contributed by atoms with Gasteiger partial charge in [0, 0.05) is 71.6 Å². The largest absolute Gasteiger partial charge is 0.480 e. The van der Waals surface area contributed by atoms with E-state index in [9.17, 15) is 48.9 Å². The van der Waals surface area contributed by atoms with Crippen LogP contribution in [0.2, 0.25) is 0 Å². The minimum Gasteiger partial charge on any atom is -0.480 e. The summed E-state index contributed by atoms with van der Waals surface area (Å²) in [6.07, 6.45) is 0.537. The lowest BCUT2D eigenvalue weighted by atomic mass is 10.1. The number of hydrogen-bond acceptors (Lipinski definition) is 12. The zero-order valence-electron chi connectivity index (χ0n) is 25.0. The number of aliphatic carboxylic acids is 3. The Balaban J connectivity index is 1.59. The molecule has 0 bridgehead atoms. The van der Waals surface area contributed by atoms with Crippen molar-refractivity contribution in [1.29, 1.82) is 0 Å². The van der Waals surface area contributed by atoms with Crippen LogP contribution in [0, 0.1) is 0 Å². The van der Waals surface area contributed by atoms with Crippen LogP contribution in [0.3, 0.4) is 0 Å². The van der Waals surface area contributed by atoms with Crippen LogP contribution in [0.1, 0.15) is 35.2 Å². The monoisotopic (exact) mass is 633 g/mol. The maximum atomic E-state index is 13.0. The Morgan fingerprint density at radius 3 is 1.36 bits per heavy atom. The van der Waals surface area contributed by atoms with Gasteiger partial charge in [-0.2, -0.15) is 0 Å². The molecule has 246 valence electrons. The van der Waals surface area contributed by atoms with Gasteiger partial charge in [0.05, 0.1) is 31.7 Å². The molecule has 16 nitrogen and oxygen atoms in total. The lowest BCUT2D eigenvalue weighted by molar-refractivity contribution is -0.172. The Morgan fingerprint density at radius 1 is 0.600 bits per heavy atom. The zero-order chi connectivity index (χ0) is 32.9. The molecule has 0 radical (unpaired) electrons. The molecule has 0 aliphatic carbocycles. The molecular formula is C29H39N5O11. The smallest absolute Gasteiger partial charge is 0.363 e. The highest BCUT2D eigenvalue weighted by molar-refractivity contribution is 6.02. The summed E-state index contributed by atoms with van der Waals surface area (Å²) in [5.41, 5.74) is 0.910. The molecule has 2 aliphatic rings. The second-order valence-electron chi connectivity index (χ2n) is 11.0. The molecule has 0 aromatic heterocycles. The van der Waals surface area contributed by atoms with E-state index in [2.05, 4.69) is 0 Å². The molecule has 2 aliphatic heterocycles. The lowest BCUT2D eigenvalue weighted by Crippen LogP contribution is -2.49. The molecule has 2 fully saturated rings. The molecule has 3 rings (SSSR count). The van der Waals surface area contributed by atoms with E-state index in [1.807, 2.05) is 4.90 Å². The van der Waals surface area contributed by atoms with Crippen LogP contribution in [0.5, 0.6) is 0 Å². The summed E-state index contributed by atoms with van der Waals surface area (Å²) in [7, 11) is 0. The van der Waals surface area contributed by atoms with Crippen LogP contribution in [0.25, 0.3) is 0 Å². The van der Waals surface area contributed by atoms with Crippen molar-refractivity contribution in [2.24, 2.45) is 0 Å². The summed E-state index contributed by atoms with van der Waals surface area (Å²) in [6, 6.07) is 6.26. The van der Waals surface area contributed by atoms with Gasteiger partial charge in [0.15, 0.2) is 0 Å². The standard InChI is InChI=1S/C29H39N5O11/c35-23(6-3-21-1-4-22(5-2-21)29(44)45-34-24(36)7-8-25(34)37)17-30-9-11-31(18-26(38)39)13-15-33(20-28(42)43)16-14-32(12-10-30)19-27(40)41/h1-2,4-5H,3,6-20H2,(H,38,39)(H,40,41)(H,42,43). The number of ketones is 1. The molecule has 0 spiro atoms. The molecule has 16 heteroatoms. The summed E-state index contributed by atoms with van der Waals surface area (Å²) >= 11 is 0. The first-order chi connectivity index (χ1) is 21.4. The number of hydrogen-bond donors (Lipinski definition) is 3. The van der Waals surface area contributed by atoms with Gasteiger partial charge >= 0.3 is 23.9 Å². The number of carboxylic acid groups (broad SMARTS) is 3. The van der Waals surface area contributed by atoms with Crippen molar-refractivity contribution < 1.29 is 53.7 Å². The van der Waals surface area contributed by atoms with Gasteiger partial charge < -0.3 is 20.2 Å². The van der Waals surface area contributed by atoms with Gasteiger partial charge in [0.25, 0.3) is 11.8 Å². The fourth-order valence-electron chi connectivity index (χ4n) is 5.00. The normalized spacial score (nSPS) is 18.3. The second kappa shape index (κ2) is 17.3. The van der Waals surface area contributed by atoms with Gasteiger partial charge in [0.2, 0.25) is 0 Å². The third kappa shape index (κ3) is 12.3. The van der Waals surface area contributed by atoms with Gasteiger partial charge in [-0.1, -0.05) is 12.1 Å². The van der Waals surface area contributed by atoms with E-state index >= 15 is 0 Å². The molecule has 2 amide bonds. The number of benzene rings is 1. The van der Waals surface area contributed by atoms with E-state index in [0.717, 1.165) is 5.56 Å². The van der Waals surface area contributed by atoms with Crippen molar-refractivity contribution in [3.63, 3.8) is 0 Å². The maximum absolute atomic E-state index is 13.0. The number of imide groups is 1. The third-order valence-electron chi connectivity index (χ3n) is 7.47. The number of nitrogens with zero attached hydrogens (tertiary/aromatic N) is 5. The summed E-state index contributed by atoms with van der Waals surface area (Å²) < 4.78 is 0. The number of aryl methyl sites for hydroxylation is 1. The van der Waals surface area contributed by atoms with Crippen LogP contribution in [0.15, 0.2) is 24.3 Å². The first-order valence-electron chi connectivity index (χ1n) is 14.6. The van der Waals surface area contributed by atoms with Gasteiger partial charge in [-0.25, -0.2) is 4.79 Å². The van der Waals surface area contributed by atoms with Crippen LogP contribution in [-0.4, -0.2) is 160 Å². The number of Topliss-reactive ketones (excluding diaryl/α,β-unsaturated/α-hetero) is 1. The molecule has 3 N–H and O–H groups in total. The molecule has 45 heavy (non-hydrogen) atoms. The fourth-order valence-corrected chi connectivity index (χ4v) is 5.00. The Bertz CT molecular complexity index is 1210. The van der Waals surface area contributed by atoms with Crippen molar-refractivity contribution in [3.05, 3.63) is 35.4 Å². The molecule has 2 heterocycles. The van der Waals surface area contributed by atoms with Crippen molar-refractivity contribution in [3.8, 4) is 0 Å². The van der Waals surface area contributed by atoms with Gasteiger partial charge in [-0.15, -0.1) is 5.06 Å². The molecule has 0 unspecified atom stereocenters. The third-order valence-corrected chi connectivity index (χ3v) is 7.47. The predicted octanol–water partition coefficient (Wildman–Crippen LogP) is -1.12. The molecular weight excluding hydrogens is 594 g/mol. The topological polar surface area (TPSA) is 206 Å². The predicted molar refractivity (Wildman–Crippen MR) is 155 cm³/mol. The molecule has 1 aromatic rings. The Hall–Kier alpha value is -4.25. The first kappa shape index (κ1) is 35.2. The average molecular weight is 634 g/mol. The number of rotatable bonds is 13. The number of hydroxylamine groups is 2. The van der Waals surface area contributed by atoms with Crippen LogP contribution in [0.4, 0.5) is 0 Å². The maximum Gasteiger partial charge on any atom is 0.363 e. The minimum atomic E-state index is -1.03. The van der Waals surface area contributed by atoms with E-state index < -0.39 is 35.7 Å². The Morgan fingerprint density at radius 2 is 0.978 bits per heavy atom. The highest BCUT2D eigenvalue weighted by Gasteiger charge is 2.33. The summed E-state index contributed by atoms with van der Waals surface area (Å²) in [4.78, 5) is 94.7. The summed E-state index contributed by atoms with van der Waals surface area (Å²) in [6.45, 7) is 1.76. The molecule has 0 atom stereocenters.